The fourth-order valence-corrected chi connectivity index (χ4v) is 3.26. The number of fused-ring (bicyclic) bond motifs is 1. The number of ether oxygens (including phenoxy) is 2. The van der Waals surface area contributed by atoms with E-state index < -0.39 is 0 Å². The van der Waals surface area contributed by atoms with Crippen LogP contribution in [0.3, 0.4) is 0 Å². The highest BCUT2D eigenvalue weighted by Gasteiger charge is 2.33. The second kappa shape index (κ2) is 8.26. The van der Waals surface area contributed by atoms with E-state index in [-0.39, 0.29) is 17.5 Å². The van der Waals surface area contributed by atoms with Crippen molar-refractivity contribution in [1.29, 1.82) is 0 Å². The summed E-state index contributed by atoms with van der Waals surface area (Å²) < 4.78 is 11.0. The monoisotopic (exact) mass is 363 g/mol. The van der Waals surface area contributed by atoms with Gasteiger partial charge in [-0.25, -0.2) is 4.98 Å². The molecule has 0 saturated heterocycles. The van der Waals surface area contributed by atoms with Crippen molar-refractivity contribution in [3.05, 3.63) is 59.4 Å². The zero-order valence-corrected chi connectivity index (χ0v) is 16.1. The van der Waals surface area contributed by atoms with Gasteiger partial charge in [0, 0.05) is 19.0 Å². The number of hydrogen-bond donors (Lipinski definition) is 0. The number of carbonyl (C=O) groups excluding carboxylic acids is 1. The lowest BCUT2D eigenvalue weighted by Gasteiger charge is -2.35. The average molecular weight is 363 g/mol. The first-order chi connectivity index (χ1) is 13.0. The van der Waals surface area contributed by atoms with Gasteiger partial charge in [0.25, 0.3) is 0 Å². The number of rotatable bonds is 4. The zero-order valence-electron chi connectivity index (χ0n) is 16.1. The van der Waals surface area contributed by atoms with Crippen molar-refractivity contribution in [2.45, 2.75) is 51.6 Å². The van der Waals surface area contributed by atoms with E-state index in [0.29, 0.717) is 25.1 Å². The minimum atomic E-state index is -0.182. The van der Waals surface area contributed by atoms with Gasteiger partial charge in [0.15, 0.2) is 6.10 Å². The molecule has 0 bridgehead atoms. The second-order valence-electron chi connectivity index (χ2n) is 7.32. The maximum Gasteiger partial charge on any atom is 0.306 e. The molecule has 0 fully saturated rings. The number of nitrogens with zero attached hydrogens (tertiary/aromatic N) is 1. The Labute approximate surface area is 160 Å². The normalized spacial score (nSPS) is 17.1. The molecule has 4 nitrogen and oxygen atoms in total. The first kappa shape index (κ1) is 19.0. The predicted molar refractivity (Wildman–Crippen MR) is 105 cm³/mol. The topological polar surface area (TPSA) is 48.4 Å². The molecule has 2 heterocycles. The first-order valence-corrected chi connectivity index (χ1v) is 9.36. The first-order valence-electron chi connectivity index (χ1n) is 9.36. The molecule has 0 N–H and O–H groups in total. The van der Waals surface area contributed by atoms with Gasteiger partial charge in [-0.1, -0.05) is 44.0 Å². The summed E-state index contributed by atoms with van der Waals surface area (Å²) in [6.07, 6.45) is 3.44. The van der Waals surface area contributed by atoms with E-state index in [4.69, 9.17) is 9.47 Å². The van der Waals surface area contributed by atoms with Crippen LogP contribution in [0.4, 0.5) is 0 Å². The molecule has 0 amide bonds. The molecular formula is C23H25NO3. The van der Waals surface area contributed by atoms with Gasteiger partial charge in [-0.15, -0.1) is 0 Å². The van der Waals surface area contributed by atoms with Crippen LogP contribution in [0.15, 0.2) is 42.6 Å². The third-order valence-electron chi connectivity index (χ3n) is 4.69. The SMILES string of the molecule is CCOC(=O)CCc1ccc(C#CC2CC(C)(C)c3ccccc3O2)nc1. The van der Waals surface area contributed by atoms with Crippen molar-refractivity contribution < 1.29 is 14.3 Å². The summed E-state index contributed by atoms with van der Waals surface area (Å²) in [5.41, 5.74) is 2.96. The van der Waals surface area contributed by atoms with E-state index >= 15 is 0 Å². The lowest BCUT2D eigenvalue weighted by molar-refractivity contribution is -0.143. The molecule has 140 valence electrons. The van der Waals surface area contributed by atoms with Crippen LogP contribution in [0, 0.1) is 11.8 Å². The van der Waals surface area contributed by atoms with Crippen molar-refractivity contribution in [3.63, 3.8) is 0 Å². The Hall–Kier alpha value is -2.80. The highest BCUT2D eigenvalue weighted by Crippen LogP contribution is 2.40. The standard InChI is InChI=1S/C23H25NO3/c1-4-26-22(25)14-10-17-9-11-18(24-16-17)12-13-19-15-23(2,3)20-7-5-6-8-21(20)27-19/h5-9,11,16,19H,4,10,14-15H2,1-3H3. The molecule has 0 saturated carbocycles. The van der Waals surface area contributed by atoms with Gasteiger partial charge in [0.05, 0.1) is 6.61 Å². The van der Waals surface area contributed by atoms with E-state index in [1.165, 1.54) is 5.56 Å². The fourth-order valence-electron chi connectivity index (χ4n) is 3.26. The highest BCUT2D eigenvalue weighted by atomic mass is 16.5. The maximum absolute atomic E-state index is 11.4. The molecule has 1 aliphatic rings. The molecule has 1 aliphatic heterocycles. The summed E-state index contributed by atoms with van der Waals surface area (Å²) in [6, 6.07) is 12.0. The number of esters is 1. The van der Waals surface area contributed by atoms with Gasteiger partial charge >= 0.3 is 5.97 Å². The number of hydrogen-bond acceptors (Lipinski definition) is 4. The lowest BCUT2D eigenvalue weighted by Crippen LogP contribution is -2.33. The number of benzene rings is 1. The van der Waals surface area contributed by atoms with Crippen molar-refractivity contribution in [2.24, 2.45) is 0 Å². The second-order valence-corrected chi connectivity index (χ2v) is 7.32. The summed E-state index contributed by atoms with van der Waals surface area (Å²) in [4.78, 5) is 15.8. The van der Waals surface area contributed by atoms with E-state index in [2.05, 4.69) is 36.7 Å². The average Bonchev–Trinajstić information content (AvgIpc) is 2.65. The molecular weight excluding hydrogens is 338 g/mol. The van der Waals surface area contributed by atoms with E-state index in [1.807, 2.05) is 37.3 Å². The third-order valence-corrected chi connectivity index (χ3v) is 4.69. The number of carbonyl (C=O) groups is 1. The van der Waals surface area contributed by atoms with Crippen molar-refractivity contribution in [1.82, 2.24) is 4.98 Å². The Morgan fingerprint density at radius 1 is 1.30 bits per heavy atom. The number of aryl methyl sites for hydroxylation is 1. The molecule has 1 atom stereocenters. The molecule has 1 aromatic carbocycles. The van der Waals surface area contributed by atoms with Crippen molar-refractivity contribution >= 4 is 5.97 Å². The van der Waals surface area contributed by atoms with Crippen LogP contribution in [0.25, 0.3) is 0 Å². The van der Waals surface area contributed by atoms with Crippen LogP contribution in [0.5, 0.6) is 5.75 Å². The number of pyridine rings is 1. The van der Waals surface area contributed by atoms with Gasteiger partial charge < -0.3 is 9.47 Å². The van der Waals surface area contributed by atoms with Gasteiger partial charge in [0.1, 0.15) is 11.4 Å². The smallest absolute Gasteiger partial charge is 0.306 e. The summed E-state index contributed by atoms with van der Waals surface area (Å²) >= 11 is 0. The van der Waals surface area contributed by atoms with E-state index in [9.17, 15) is 4.79 Å². The van der Waals surface area contributed by atoms with Crippen molar-refractivity contribution in [2.75, 3.05) is 6.61 Å². The Morgan fingerprint density at radius 2 is 2.11 bits per heavy atom. The predicted octanol–water partition coefficient (Wildman–Crippen LogP) is 4.06. The summed E-state index contributed by atoms with van der Waals surface area (Å²) in [5, 5.41) is 0. The Kier molecular flexibility index (Phi) is 5.81. The minimum absolute atomic E-state index is 0.0264. The summed E-state index contributed by atoms with van der Waals surface area (Å²) in [6.45, 7) is 6.66. The largest absolute Gasteiger partial charge is 0.477 e. The zero-order chi connectivity index (χ0) is 19.3. The molecule has 1 unspecified atom stereocenters. The molecule has 0 radical (unpaired) electrons. The molecule has 27 heavy (non-hydrogen) atoms. The number of para-hydroxylation sites is 1. The fraction of sp³-hybridized carbons (Fsp3) is 0.391. The molecule has 0 spiro atoms. The Bertz CT molecular complexity index is 859. The maximum atomic E-state index is 11.4. The molecule has 2 aromatic rings. The van der Waals surface area contributed by atoms with Gasteiger partial charge in [-0.3, -0.25) is 4.79 Å². The number of aromatic nitrogens is 1. The molecule has 3 rings (SSSR count). The van der Waals surface area contributed by atoms with Gasteiger partial charge in [0.2, 0.25) is 0 Å². The summed E-state index contributed by atoms with van der Waals surface area (Å²) in [7, 11) is 0. The quantitative estimate of drug-likeness (QED) is 0.607. The van der Waals surface area contributed by atoms with Gasteiger partial charge in [-0.2, -0.15) is 0 Å². The lowest BCUT2D eigenvalue weighted by atomic mass is 9.77. The Balaban J connectivity index is 1.64. The van der Waals surface area contributed by atoms with E-state index in [1.54, 1.807) is 6.20 Å². The van der Waals surface area contributed by atoms with Crippen LogP contribution in [0.1, 0.15) is 50.4 Å². The molecule has 4 heteroatoms. The molecule has 0 aliphatic carbocycles. The van der Waals surface area contributed by atoms with Crippen molar-refractivity contribution in [3.8, 4) is 17.6 Å². The van der Waals surface area contributed by atoms with Crippen LogP contribution in [0.2, 0.25) is 0 Å². The van der Waals surface area contributed by atoms with Crippen LogP contribution < -0.4 is 4.74 Å². The van der Waals surface area contributed by atoms with Gasteiger partial charge in [-0.05, 0) is 47.9 Å². The van der Waals surface area contributed by atoms with E-state index in [0.717, 1.165) is 17.7 Å². The van der Waals surface area contributed by atoms with Crippen LogP contribution in [-0.2, 0) is 21.4 Å². The van der Waals surface area contributed by atoms with Crippen LogP contribution in [-0.4, -0.2) is 23.7 Å². The van der Waals surface area contributed by atoms with Crippen LogP contribution >= 0.6 is 0 Å². The third kappa shape index (κ3) is 4.89. The minimum Gasteiger partial charge on any atom is -0.477 e. The summed E-state index contributed by atoms with van der Waals surface area (Å²) in [5.74, 6) is 7.06. The molecule has 1 aromatic heterocycles. The highest BCUT2D eigenvalue weighted by molar-refractivity contribution is 5.69. The Morgan fingerprint density at radius 3 is 2.85 bits per heavy atom.